The van der Waals surface area contributed by atoms with E-state index in [4.69, 9.17) is 50.0 Å². The number of nitrogens with zero attached hydrogens (tertiary/aromatic N) is 1. The van der Waals surface area contributed by atoms with Crippen LogP contribution in [0.5, 0.6) is 11.5 Å². The summed E-state index contributed by atoms with van der Waals surface area (Å²) in [6, 6.07) is 15.0. The highest BCUT2D eigenvalue weighted by Crippen LogP contribution is 2.46. The van der Waals surface area contributed by atoms with Crippen LogP contribution in [0.25, 0.3) is 0 Å². The fourth-order valence-electron chi connectivity index (χ4n) is 3.40. The Morgan fingerprint density at radius 3 is 2.56 bits per heavy atom. The van der Waals surface area contributed by atoms with Crippen LogP contribution in [0.3, 0.4) is 0 Å². The number of benzene rings is 3. The molecule has 1 aliphatic rings. The molecule has 0 aromatic heterocycles. The van der Waals surface area contributed by atoms with Gasteiger partial charge in [0, 0.05) is 27.2 Å². The molecule has 0 saturated heterocycles. The van der Waals surface area contributed by atoms with Gasteiger partial charge < -0.3 is 15.2 Å². The second-order valence-corrected chi connectivity index (χ2v) is 8.02. The molecule has 5 nitrogen and oxygen atoms in total. The Balaban J connectivity index is 1.74. The highest BCUT2D eigenvalue weighted by atomic mass is 35.5. The van der Waals surface area contributed by atoms with E-state index in [9.17, 15) is 14.4 Å². The van der Waals surface area contributed by atoms with E-state index in [0.29, 0.717) is 10.6 Å². The van der Waals surface area contributed by atoms with Crippen LogP contribution in [0.15, 0.2) is 66.1 Å². The van der Waals surface area contributed by atoms with E-state index in [1.54, 1.807) is 6.07 Å². The second kappa shape index (κ2) is 8.71. The zero-order chi connectivity index (χ0) is 23.0. The molecule has 1 heterocycles. The number of nitrogens with two attached hydrogens (primary N) is 1. The molecule has 3 aromatic carbocycles. The van der Waals surface area contributed by atoms with Gasteiger partial charge in [0.05, 0.1) is 16.5 Å². The van der Waals surface area contributed by atoms with Crippen molar-refractivity contribution in [2.45, 2.75) is 5.92 Å². The molecule has 1 aliphatic heterocycles. The Hall–Kier alpha value is -3.24. The predicted octanol–water partition coefficient (Wildman–Crippen LogP) is 6.22. The predicted molar refractivity (Wildman–Crippen MR) is 119 cm³/mol. The Kier molecular flexibility index (Phi) is 5.98. The van der Waals surface area contributed by atoms with E-state index in [-0.39, 0.29) is 44.1 Å². The highest BCUT2D eigenvalue weighted by molar-refractivity contribution is 6.36. The Labute approximate surface area is 197 Å². The maximum Gasteiger partial charge on any atom is 0.345 e. The van der Waals surface area contributed by atoms with Crippen LogP contribution in [-0.2, 0) is 0 Å². The van der Waals surface area contributed by atoms with Gasteiger partial charge in [0.25, 0.3) is 0 Å². The fraction of sp³-hybridized carbons (Fsp3) is 0.0435. The molecule has 0 bridgehead atoms. The average molecular weight is 490 g/mol. The summed E-state index contributed by atoms with van der Waals surface area (Å²) >= 11 is 18.2. The summed E-state index contributed by atoms with van der Waals surface area (Å²) in [5, 5.41) is 10.3. The van der Waals surface area contributed by atoms with Gasteiger partial charge in [-0.25, -0.2) is 9.18 Å². The third kappa shape index (κ3) is 3.98. The largest absolute Gasteiger partial charge is 0.440 e. The first kappa shape index (κ1) is 22.0. The van der Waals surface area contributed by atoms with Gasteiger partial charge in [-0.1, -0.05) is 46.9 Å². The van der Waals surface area contributed by atoms with Gasteiger partial charge in [0.15, 0.2) is 0 Å². The monoisotopic (exact) mass is 488 g/mol. The van der Waals surface area contributed by atoms with Crippen LogP contribution in [0.4, 0.5) is 4.39 Å². The van der Waals surface area contributed by atoms with E-state index in [2.05, 4.69) is 0 Å². The first-order valence-corrected chi connectivity index (χ1v) is 10.3. The molecule has 4 rings (SSSR count). The SMILES string of the molecule is N#CC1=C(N)Oc2cc(OC(=O)c3ccc(Cl)cc3Cl)ccc2C1c1c(F)cccc1Cl. The molecule has 32 heavy (non-hydrogen) atoms. The number of carbonyl (C=O) groups is 1. The van der Waals surface area contributed by atoms with E-state index >= 15 is 0 Å². The number of allylic oxidation sites excluding steroid dienone is 1. The molecule has 3 aromatic rings. The summed E-state index contributed by atoms with van der Waals surface area (Å²) in [6.45, 7) is 0. The molecular formula is C23H12Cl3FN2O3. The molecule has 0 spiro atoms. The number of fused-ring (bicyclic) bond motifs is 1. The minimum Gasteiger partial charge on any atom is -0.440 e. The van der Waals surface area contributed by atoms with Crippen molar-refractivity contribution >= 4 is 40.8 Å². The van der Waals surface area contributed by atoms with Crippen molar-refractivity contribution in [3.63, 3.8) is 0 Å². The van der Waals surface area contributed by atoms with E-state index in [1.165, 1.54) is 48.5 Å². The molecule has 0 amide bonds. The Morgan fingerprint density at radius 1 is 1.09 bits per heavy atom. The fourth-order valence-corrected chi connectivity index (χ4v) is 4.16. The summed E-state index contributed by atoms with van der Waals surface area (Å²) in [6.07, 6.45) is 0. The van der Waals surface area contributed by atoms with E-state index in [0.717, 1.165) is 0 Å². The second-order valence-electron chi connectivity index (χ2n) is 6.77. The van der Waals surface area contributed by atoms with Gasteiger partial charge >= 0.3 is 5.97 Å². The lowest BCUT2D eigenvalue weighted by molar-refractivity contribution is 0.0734. The van der Waals surface area contributed by atoms with Gasteiger partial charge in [0.2, 0.25) is 5.88 Å². The number of esters is 1. The Morgan fingerprint density at radius 2 is 1.88 bits per heavy atom. The smallest absolute Gasteiger partial charge is 0.345 e. The molecule has 9 heteroatoms. The van der Waals surface area contributed by atoms with Gasteiger partial charge in [0.1, 0.15) is 29.0 Å². The normalized spacial score (nSPS) is 14.9. The zero-order valence-electron chi connectivity index (χ0n) is 16.0. The summed E-state index contributed by atoms with van der Waals surface area (Å²) in [7, 11) is 0. The van der Waals surface area contributed by atoms with Crippen LogP contribution < -0.4 is 15.2 Å². The maximum atomic E-state index is 14.7. The molecule has 160 valence electrons. The lowest BCUT2D eigenvalue weighted by Crippen LogP contribution is -2.22. The van der Waals surface area contributed by atoms with Crippen molar-refractivity contribution in [2.24, 2.45) is 5.73 Å². The van der Waals surface area contributed by atoms with Crippen molar-refractivity contribution in [3.8, 4) is 17.6 Å². The number of hydrogen-bond acceptors (Lipinski definition) is 5. The third-order valence-electron chi connectivity index (χ3n) is 4.84. The van der Waals surface area contributed by atoms with Crippen molar-refractivity contribution in [3.05, 3.63) is 104 Å². The molecule has 0 saturated carbocycles. The van der Waals surface area contributed by atoms with Crippen LogP contribution in [0.1, 0.15) is 27.4 Å². The number of halogens is 4. The molecule has 0 fully saturated rings. The number of nitriles is 1. The third-order valence-corrected chi connectivity index (χ3v) is 5.72. The molecule has 1 atom stereocenters. The van der Waals surface area contributed by atoms with E-state index < -0.39 is 17.7 Å². The molecule has 0 radical (unpaired) electrons. The maximum absolute atomic E-state index is 14.7. The van der Waals surface area contributed by atoms with Crippen molar-refractivity contribution in [1.29, 1.82) is 5.26 Å². The van der Waals surface area contributed by atoms with Gasteiger partial charge in [-0.3, -0.25) is 0 Å². The molecule has 2 N–H and O–H groups in total. The quantitative estimate of drug-likeness (QED) is 0.348. The van der Waals surface area contributed by atoms with Crippen LogP contribution in [0.2, 0.25) is 15.1 Å². The number of carbonyl (C=O) groups excluding carboxylic acids is 1. The van der Waals surface area contributed by atoms with Gasteiger partial charge in [-0.2, -0.15) is 5.26 Å². The van der Waals surface area contributed by atoms with Crippen molar-refractivity contribution < 1.29 is 18.7 Å². The first-order chi connectivity index (χ1) is 15.3. The standard InChI is InChI=1S/C23H12Cl3FN2O3/c24-11-4-6-13(17(26)8-11)23(30)31-12-5-7-14-19(9-12)32-22(29)15(10-28)20(14)21-16(25)2-1-3-18(21)27/h1-9,20H,29H2. The Bertz CT molecular complexity index is 1310. The summed E-state index contributed by atoms with van der Waals surface area (Å²) in [5.41, 5.74) is 6.61. The number of ether oxygens (including phenoxy) is 2. The van der Waals surface area contributed by atoms with Crippen LogP contribution in [-0.4, -0.2) is 5.97 Å². The molecule has 0 aliphatic carbocycles. The minimum atomic E-state index is -0.895. The molecule has 1 unspecified atom stereocenters. The summed E-state index contributed by atoms with van der Waals surface area (Å²) in [4.78, 5) is 12.5. The average Bonchev–Trinajstić information content (AvgIpc) is 2.73. The van der Waals surface area contributed by atoms with Crippen LogP contribution >= 0.6 is 34.8 Å². The molecular weight excluding hydrogens is 478 g/mol. The van der Waals surface area contributed by atoms with Crippen molar-refractivity contribution in [1.82, 2.24) is 0 Å². The lowest BCUT2D eigenvalue weighted by Gasteiger charge is -2.27. The zero-order valence-corrected chi connectivity index (χ0v) is 18.3. The summed E-state index contributed by atoms with van der Waals surface area (Å²) in [5.74, 6) is -2.08. The van der Waals surface area contributed by atoms with E-state index in [1.807, 2.05) is 6.07 Å². The highest BCUT2D eigenvalue weighted by Gasteiger charge is 2.34. The number of hydrogen-bond donors (Lipinski definition) is 1. The topological polar surface area (TPSA) is 85.3 Å². The first-order valence-electron chi connectivity index (χ1n) is 9.12. The van der Waals surface area contributed by atoms with Crippen LogP contribution in [0, 0.1) is 17.1 Å². The lowest BCUT2D eigenvalue weighted by atomic mass is 9.83. The minimum absolute atomic E-state index is 0.0159. The summed E-state index contributed by atoms with van der Waals surface area (Å²) < 4.78 is 25.6. The van der Waals surface area contributed by atoms with Gasteiger partial charge in [-0.15, -0.1) is 0 Å². The number of rotatable bonds is 3. The van der Waals surface area contributed by atoms with Crippen molar-refractivity contribution in [2.75, 3.05) is 0 Å². The van der Waals surface area contributed by atoms with Gasteiger partial charge in [-0.05, 0) is 36.4 Å².